The number of nitrogens with zero attached hydrogens (tertiary/aromatic N) is 3. The maximum Gasteiger partial charge on any atom is 0.316 e. The van der Waals surface area contributed by atoms with E-state index in [1.807, 2.05) is 0 Å². The van der Waals surface area contributed by atoms with E-state index in [2.05, 4.69) is 15.1 Å². The zero-order valence-corrected chi connectivity index (χ0v) is 14.0. The molecule has 2 aromatic heterocycles. The molecule has 0 saturated heterocycles. The topological polar surface area (TPSA) is 93.8 Å². The van der Waals surface area contributed by atoms with E-state index in [0.717, 1.165) is 12.1 Å². The number of hydrogen-bond donors (Lipinski definition) is 1. The van der Waals surface area contributed by atoms with E-state index in [4.69, 9.17) is 4.52 Å². The molecule has 0 spiro atoms. The molecule has 0 aliphatic carbocycles. The fraction of sp³-hybridized carbons (Fsp3) is 0.111. The van der Waals surface area contributed by atoms with Crippen LogP contribution in [-0.2, 0) is 6.54 Å². The highest BCUT2D eigenvalue weighted by Gasteiger charge is 2.14. The van der Waals surface area contributed by atoms with Crippen LogP contribution in [0.4, 0.5) is 8.78 Å². The van der Waals surface area contributed by atoms with Crippen LogP contribution in [0.3, 0.4) is 0 Å². The van der Waals surface area contributed by atoms with E-state index in [1.165, 1.54) is 10.6 Å². The Kier molecular flexibility index (Phi) is 3.91. The third-order valence-electron chi connectivity index (χ3n) is 4.14. The van der Waals surface area contributed by atoms with Gasteiger partial charge in [-0.3, -0.25) is 9.59 Å². The highest BCUT2D eigenvalue weighted by molar-refractivity contribution is 5.80. The Morgan fingerprint density at radius 1 is 1.07 bits per heavy atom. The second kappa shape index (κ2) is 6.27. The van der Waals surface area contributed by atoms with Gasteiger partial charge in [-0.2, -0.15) is 4.98 Å². The van der Waals surface area contributed by atoms with Crippen LogP contribution in [0.5, 0.6) is 0 Å². The summed E-state index contributed by atoms with van der Waals surface area (Å²) in [7, 11) is 0. The maximum absolute atomic E-state index is 13.4. The molecule has 7 nitrogen and oxygen atoms in total. The van der Waals surface area contributed by atoms with Crippen molar-refractivity contribution in [2.75, 3.05) is 0 Å². The van der Waals surface area contributed by atoms with Crippen molar-refractivity contribution in [3.63, 3.8) is 0 Å². The largest absolute Gasteiger partial charge is 0.334 e. The van der Waals surface area contributed by atoms with Gasteiger partial charge in [0.05, 0.1) is 11.0 Å². The van der Waals surface area contributed by atoms with Gasteiger partial charge in [0.2, 0.25) is 5.82 Å². The molecule has 1 N–H and O–H groups in total. The van der Waals surface area contributed by atoms with Crippen LogP contribution < -0.4 is 11.1 Å². The van der Waals surface area contributed by atoms with Crippen molar-refractivity contribution >= 4 is 11.0 Å². The minimum atomic E-state index is -1.02. The van der Waals surface area contributed by atoms with E-state index in [-0.39, 0.29) is 17.3 Å². The Labute approximate surface area is 149 Å². The number of nitrogens with one attached hydrogen (secondary N) is 1. The number of aromatic amines is 1. The van der Waals surface area contributed by atoms with Crippen molar-refractivity contribution in [3.05, 3.63) is 68.7 Å². The normalized spacial score (nSPS) is 11.2. The first kappa shape index (κ1) is 16.8. The second-order valence-electron chi connectivity index (χ2n) is 5.79. The van der Waals surface area contributed by atoms with Crippen molar-refractivity contribution in [1.82, 2.24) is 19.7 Å². The molecule has 9 heteroatoms. The van der Waals surface area contributed by atoms with Gasteiger partial charge in [-0.05, 0) is 43.3 Å². The quantitative estimate of drug-likeness (QED) is 0.560. The minimum Gasteiger partial charge on any atom is -0.334 e. The van der Waals surface area contributed by atoms with Gasteiger partial charge in [-0.25, -0.2) is 8.78 Å². The summed E-state index contributed by atoms with van der Waals surface area (Å²) in [6.45, 7) is 2.11. The summed E-state index contributed by atoms with van der Waals surface area (Å²) in [6, 6.07) is 8.21. The third-order valence-corrected chi connectivity index (χ3v) is 4.14. The molecule has 0 saturated carbocycles. The number of hydrogen-bond acceptors (Lipinski definition) is 5. The predicted molar refractivity (Wildman–Crippen MR) is 93.1 cm³/mol. The summed E-state index contributed by atoms with van der Waals surface area (Å²) in [4.78, 5) is 30.4. The molecule has 27 heavy (non-hydrogen) atoms. The average molecular weight is 370 g/mol. The number of halogens is 2. The number of benzene rings is 2. The first-order valence-corrected chi connectivity index (χ1v) is 8.04. The van der Waals surface area contributed by atoms with Crippen LogP contribution in [0, 0.1) is 11.6 Å². The van der Waals surface area contributed by atoms with Crippen molar-refractivity contribution in [1.29, 1.82) is 0 Å². The second-order valence-corrected chi connectivity index (χ2v) is 5.79. The molecule has 136 valence electrons. The van der Waals surface area contributed by atoms with E-state index in [1.54, 1.807) is 25.1 Å². The smallest absolute Gasteiger partial charge is 0.316 e. The Morgan fingerprint density at radius 3 is 2.59 bits per heavy atom. The standard InChI is InChI=1S/C18H12F2N4O3/c1-2-24-14-6-4-9(8-13(14)21-16(25)18(24)26)15-22-17(27-23-15)10-3-5-11(19)12(20)7-10/h3-8H,2H2,1H3,(H,21,25). The molecule has 0 bridgehead atoms. The first-order valence-electron chi connectivity index (χ1n) is 8.04. The lowest BCUT2D eigenvalue weighted by atomic mass is 10.1. The molecule has 4 rings (SSSR count). The van der Waals surface area contributed by atoms with E-state index < -0.39 is 22.8 Å². The Bertz CT molecular complexity index is 1290. The van der Waals surface area contributed by atoms with Gasteiger partial charge in [0.25, 0.3) is 5.89 Å². The zero-order valence-electron chi connectivity index (χ0n) is 14.0. The Balaban J connectivity index is 1.80. The summed E-state index contributed by atoms with van der Waals surface area (Å²) in [5.74, 6) is -1.77. The van der Waals surface area contributed by atoms with E-state index >= 15 is 0 Å². The summed E-state index contributed by atoms with van der Waals surface area (Å²) in [5.41, 5.74) is 0.419. The molecule has 0 aliphatic heterocycles. The fourth-order valence-electron chi connectivity index (χ4n) is 2.82. The molecule has 2 heterocycles. The highest BCUT2D eigenvalue weighted by atomic mass is 19.2. The zero-order chi connectivity index (χ0) is 19.1. The molecule has 0 amide bonds. The summed E-state index contributed by atoms with van der Waals surface area (Å²) >= 11 is 0. The third kappa shape index (κ3) is 2.82. The number of rotatable bonds is 3. The molecule has 0 radical (unpaired) electrons. The molecular formula is C18H12F2N4O3. The number of H-pyrrole nitrogens is 1. The number of fused-ring (bicyclic) bond motifs is 1. The van der Waals surface area contributed by atoms with Crippen LogP contribution in [0.25, 0.3) is 33.9 Å². The Hall–Kier alpha value is -3.62. The van der Waals surface area contributed by atoms with E-state index in [9.17, 15) is 18.4 Å². The van der Waals surface area contributed by atoms with Crippen molar-refractivity contribution in [3.8, 4) is 22.8 Å². The van der Waals surface area contributed by atoms with Crippen LogP contribution in [0.2, 0.25) is 0 Å². The molecule has 0 atom stereocenters. The molecule has 0 aliphatic rings. The maximum atomic E-state index is 13.4. The lowest BCUT2D eigenvalue weighted by Crippen LogP contribution is -2.35. The molecule has 2 aromatic carbocycles. The summed E-state index contributed by atoms with van der Waals surface area (Å²) < 4.78 is 32.9. The monoisotopic (exact) mass is 370 g/mol. The summed E-state index contributed by atoms with van der Waals surface area (Å²) in [6.07, 6.45) is 0. The summed E-state index contributed by atoms with van der Waals surface area (Å²) in [5, 5.41) is 3.84. The van der Waals surface area contributed by atoms with Crippen LogP contribution >= 0.6 is 0 Å². The van der Waals surface area contributed by atoms with Gasteiger partial charge in [-0.15, -0.1) is 0 Å². The van der Waals surface area contributed by atoms with Crippen LogP contribution in [0.15, 0.2) is 50.5 Å². The fourth-order valence-corrected chi connectivity index (χ4v) is 2.82. The van der Waals surface area contributed by atoms with Crippen molar-refractivity contribution in [2.45, 2.75) is 13.5 Å². The van der Waals surface area contributed by atoms with Gasteiger partial charge in [0.1, 0.15) is 0 Å². The van der Waals surface area contributed by atoms with Crippen molar-refractivity contribution in [2.24, 2.45) is 0 Å². The van der Waals surface area contributed by atoms with Crippen LogP contribution in [-0.4, -0.2) is 19.7 Å². The molecule has 0 unspecified atom stereocenters. The van der Waals surface area contributed by atoms with E-state index in [0.29, 0.717) is 23.1 Å². The van der Waals surface area contributed by atoms with Crippen LogP contribution in [0.1, 0.15) is 6.92 Å². The van der Waals surface area contributed by atoms with Crippen molar-refractivity contribution < 1.29 is 13.3 Å². The molecule has 0 fully saturated rings. The van der Waals surface area contributed by atoms with Gasteiger partial charge in [0.15, 0.2) is 11.6 Å². The highest BCUT2D eigenvalue weighted by Crippen LogP contribution is 2.25. The van der Waals surface area contributed by atoms with Gasteiger partial charge >= 0.3 is 11.1 Å². The minimum absolute atomic E-state index is 0.0241. The first-order chi connectivity index (χ1) is 13.0. The SMILES string of the molecule is CCn1c(=O)c(=O)[nH]c2cc(-c3noc(-c4ccc(F)c(F)c4)n3)ccc21. The molecular weight excluding hydrogens is 358 g/mol. The Morgan fingerprint density at radius 2 is 1.85 bits per heavy atom. The van der Waals surface area contributed by atoms with Gasteiger partial charge < -0.3 is 14.1 Å². The average Bonchev–Trinajstić information content (AvgIpc) is 3.15. The van der Waals surface area contributed by atoms with Gasteiger partial charge in [-0.1, -0.05) is 5.16 Å². The predicted octanol–water partition coefficient (Wildman–Crippen LogP) is 2.70. The lowest BCUT2D eigenvalue weighted by molar-refractivity contribution is 0.431. The number of aromatic nitrogens is 4. The van der Waals surface area contributed by atoms with Gasteiger partial charge in [0, 0.05) is 17.7 Å². The number of aryl methyl sites for hydroxylation is 1. The lowest BCUT2D eigenvalue weighted by Gasteiger charge is -2.07. The molecule has 4 aromatic rings.